The largest absolute Gasteiger partial charge is 0.335 e. The molecule has 0 atom stereocenters. The molecule has 0 aliphatic heterocycles. The number of amides is 1. The first-order valence-electron chi connectivity index (χ1n) is 8.85. The van der Waals surface area contributed by atoms with Gasteiger partial charge < -0.3 is 9.80 Å². The number of hydrogen-bond donors (Lipinski definition) is 0. The molecule has 0 N–H and O–H groups in total. The summed E-state index contributed by atoms with van der Waals surface area (Å²) in [6.45, 7) is 3.97. The predicted octanol–water partition coefficient (Wildman–Crippen LogP) is 4.74. The minimum atomic E-state index is 0. The standard InChI is InChI=1S/C20H29ClN2O.ClH/c1-16-8-11-18(12-9-16)23(15-14-22(2)3)20(24)13-10-17-6-4-5-7-19(17)21;/h4-7,10,13,16,18H,8-9,11-12,14-15H2,1-3H3;1H. The number of rotatable bonds is 6. The van der Waals surface area contributed by atoms with E-state index in [2.05, 4.69) is 16.7 Å². The monoisotopic (exact) mass is 384 g/mol. The smallest absolute Gasteiger partial charge is 0.246 e. The van der Waals surface area contributed by atoms with Gasteiger partial charge in [-0.3, -0.25) is 4.79 Å². The Kier molecular flexibility index (Phi) is 9.55. The zero-order chi connectivity index (χ0) is 17.5. The summed E-state index contributed by atoms with van der Waals surface area (Å²) >= 11 is 6.17. The minimum Gasteiger partial charge on any atom is -0.335 e. The van der Waals surface area contributed by atoms with Crippen LogP contribution in [-0.4, -0.2) is 48.9 Å². The van der Waals surface area contributed by atoms with Crippen molar-refractivity contribution in [2.45, 2.75) is 38.6 Å². The van der Waals surface area contributed by atoms with Gasteiger partial charge in [-0.1, -0.05) is 36.7 Å². The van der Waals surface area contributed by atoms with E-state index < -0.39 is 0 Å². The van der Waals surface area contributed by atoms with Crippen LogP contribution in [0.2, 0.25) is 5.02 Å². The molecule has 1 fully saturated rings. The van der Waals surface area contributed by atoms with Gasteiger partial charge in [0.15, 0.2) is 0 Å². The zero-order valence-corrected chi connectivity index (χ0v) is 17.0. The third-order valence-electron chi connectivity index (χ3n) is 4.81. The van der Waals surface area contributed by atoms with Gasteiger partial charge in [0.2, 0.25) is 5.91 Å². The van der Waals surface area contributed by atoms with Crippen LogP contribution in [0.4, 0.5) is 0 Å². The van der Waals surface area contributed by atoms with Crippen LogP contribution >= 0.6 is 24.0 Å². The molecular weight excluding hydrogens is 355 g/mol. The molecule has 0 radical (unpaired) electrons. The van der Waals surface area contributed by atoms with Gasteiger partial charge in [0.25, 0.3) is 0 Å². The van der Waals surface area contributed by atoms with E-state index in [0.717, 1.165) is 37.4 Å². The maximum atomic E-state index is 12.8. The Balaban J connectivity index is 0.00000312. The van der Waals surface area contributed by atoms with E-state index in [1.54, 1.807) is 6.08 Å². The molecule has 5 heteroatoms. The molecule has 0 spiro atoms. The molecule has 0 bridgehead atoms. The number of nitrogens with zero attached hydrogens (tertiary/aromatic N) is 2. The second-order valence-electron chi connectivity index (χ2n) is 7.10. The minimum absolute atomic E-state index is 0. The third-order valence-corrected chi connectivity index (χ3v) is 5.15. The lowest BCUT2D eigenvalue weighted by atomic mass is 9.86. The van der Waals surface area contributed by atoms with E-state index in [1.165, 1.54) is 12.8 Å². The summed E-state index contributed by atoms with van der Waals surface area (Å²) in [6, 6.07) is 7.97. The molecular formula is C20H30Cl2N2O. The van der Waals surface area contributed by atoms with Gasteiger partial charge in [-0.15, -0.1) is 12.4 Å². The van der Waals surface area contributed by atoms with E-state index in [-0.39, 0.29) is 18.3 Å². The van der Waals surface area contributed by atoms with E-state index >= 15 is 0 Å². The predicted molar refractivity (Wildman–Crippen MR) is 109 cm³/mol. The van der Waals surface area contributed by atoms with Crippen LogP contribution in [0.5, 0.6) is 0 Å². The van der Waals surface area contributed by atoms with Crippen molar-refractivity contribution in [3.05, 3.63) is 40.9 Å². The second-order valence-corrected chi connectivity index (χ2v) is 7.51. The van der Waals surface area contributed by atoms with Crippen molar-refractivity contribution in [3.63, 3.8) is 0 Å². The summed E-state index contributed by atoms with van der Waals surface area (Å²) in [5.74, 6) is 0.877. The van der Waals surface area contributed by atoms with E-state index in [0.29, 0.717) is 11.1 Å². The Labute approximate surface area is 163 Å². The molecule has 0 unspecified atom stereocenters. The quantitative estimate of drug-likeness (QED) is 0.660. The average Bonchev–Trinajstić information content (AvgIpc) is 2.55. The highest BCUT2D eigenvalue weighted by Crippen LogP contribution is 2.27. The highest BCUT2D eigenvalue weighted by atomic mass is 35.5. The van der Waals surface area contributed by atoms with Crippen LogP contribution < -0.4 is 0 Å². The molecule has 1 aliphatic rings. The Morgan fingerprint density at radius 2 is 1.80 bits per heavy atom. The molecule has 0 aromatic heterocycles. The lowest BCUT2D eigenvalue weighted by Crippen LogP contribution is -2.44. The van der Waals surface area contributed by atoms with E-state index in [4.69, 9.17) is 11.6 Å². The summed E-state index contributed by atoms with van der Waals surface area (Å²) < 4.78 is 0. The van der Waals surface area contributed by atoms with Crippen LogP contribution in [0, 0.1) is 5.92 Å². The molecule has 140 valence electrons. The number of benzene rings is 1. The average molecular weight is 385 g/mol. The first-order valence-corrected chi connectivity index (χ1v) is 9.23. The lowest BCUT2D eigenvalue weighted by molar-refractivity contribution is -0.129. The van der Waals surface area contributed by atoms with Gasteiger partial charge in [0, 0.05) is 30.2 Å². The van der Waals surface area contributed by atoms with Crippen molar-refractivity contribution in [2.24, 2.45) is 5.92 Å². The number of likely N-dealkylation sites (N-methyl/N-ethyl adjacent to an activating group) is 1. The molecule has 0 heterocycles. The highest BCUT2D eigenvalue weighted by molar-refractivity contribution is 6.32. The summed E-state index contributed by atoms with van der Waals surface area (Å²) in [7, 11) is 4.09. The van der Waals surface area contributed by atoms with Gasteiger partial charge in [0.1, 0.15) is 0 Å². The van der Waals surface area contributed by atoms with Crippen molar-refractivity contribution >= 4 is 36.0 Å². The van der Waals surface area contributed by atoms with Gasteiger partial charge in [-0.25, -0.2) is 0 Å². The molecule has 1 amide bonds. The van der Waals surface area contributed by atoms with Crippen molar-refractivity contribution < 1.29 is 4.79 Å². The first-order chi connectivity index (χ1) is 11.5. The van der Waals surface area contributed by atoms with Crippen LogP contribution in [0.3, 0.4) is 0 Å². The maximum absolute atomic E-state index is 12.8. The van der Waals surface area contributed by atoms with Crippen LogP contribution in [0.1, 0.15) is 38.2 Å². The third kappa shape index (κ3) is 7.01. The number of halogens is 2. The van der Waals surface area contributed by atoms with Gasteiger partial charge in [0.05, 0.1) is 0 Å². The van der Waals surface area contributed by atoms with Crippen molar-refractivity contribution in [3.8, 4) is 0 Å². The Morgan fingerprint density at radius 1 is 1.16 bits per heavy atom. The second kappa shape index (κ2) is 10.8. The normalized spacial score (nSPS) is 20.5. The molecule has 1 aromatic rings. The summed E-state index contributed by atoms with van der Waals surface area (Å²) in [5, 5.41) is 0.674. The maximum Gasteiger partial charge on any atom is 0.246 e. The number of hydrogen-bond acceptors (Lipinski definition) is 2. The fraction of sp³-hybridized carbons (Fsp3) is 0.550. The van der Waals surface area contributed by atoms with Gasteiger partial charge >= 0.3 is 0 Å². The summed E-state index contributed by atoms with van der Waals surface area (Å²) in [4.78, 5) is 17.0. The number of carbonyl (C=O) groups is 1. The van der Waals surface area contributed by atoms with Gasteiger partial charge in [-0.2, -0.15) is 0 Å². The van der Waals surface area contributed by atoms with Crippen molar-refractivity contribution in [1.82, 2.24) is 9.80 Å². The van der Waals surface area contributed by atoms with Crippen molar-refractivity contribution in [1.29, 1.82) is 0 Å². The van der Waals surface area contributed by atoms with Crippen molar-refractivity contribution in [2.75, 3.05) is 27.2 Å². The highest BCUT2D eigenvalue weighted by Gasteiger charge is 2.26. The fourth-order valence-corrected chi connectivity index (χ4v) is 3.40. The molecule has 1 aliphatic carbocycles. The molecule has 1 saturated carbocycles. The number of carbonyl (C=O) groups excluding carboxylic acids is 1. The van der Waals surface area contributed by atoms with Crippen LogP contribution in [-0.2, 0) is 4.79 Å². The van der Waals surface area contributed by atoms with E-state index in [1.807, 2.05) is 44.4 Å². The Bertz CT molecular complexity index is 567. The molecule has 0 saturated heterocycles. The summed E-state index contributed by atoms with van der Waals surface area (Å²) in [5.41, 5.74) is 0.886. The van der Waals surface area contributed by atoms with Crippen LogP contribution in [0.25, 0.3) is 6.08 Å². The summed E-state index contributed by atoms with van der Waals surface area (Å²) in [6.07, 6.45) is 8.16. The molecule has 25 heavy (non-hydrogen) atoms. The Hall–Kier alpha value is -1.03. The molecule has 2 rings (SSSR count). The van der Waals surface area contributed by atoms with Gasteiger partial charge in [-0.05, 0) is 63.4 Å². The first kappa shape index (κ1) is 22.0. The van der Waals surface area contributed by atoms with Crippen LogP contribution in [0.15, 0.2) is 30.3 Å². The van der Waals surface area contributed by atoms with E-state index in [9.17, 15) is 4.79 Å². The SMILES string of the molecule is CC1CCC(N(CCN(C)C)C(=O)C=Cc2ccccc2Cl)CC1.Cl. The molecule has 3 nitrogen and oxygen atoms in total. The lowest BCUT2D eigenvalue weighted by Gasteiger charge is -2.36. The topological polar surface area (TPSA) is 23.6 Å². The fourth-order valence-electron chi connectivity index (χ4n) is 3.20. The molecule has 1 aromatic carbocycles. The zero-order valence-electron chi connectivity index (χ0n) is 15.5. The Morgan fingerprint density at radius 3 is 2.40 bits per heavy atom.